The number of carboxylic acids is 1. The summed E-state index contributed by atoms with van der Waals surface area (Å²) in [7, 11) is 0. The molecular weight excluding hydrogens is 206 g/mol. The SMILES string of the molecule is CC1CCCC(NCC(O)CC(=O)O)CC1. The van der Waals surface area contributed by atoms with Crippen molar-refractivity contribution in [1.82, 2.24) is 5.32 Å². The van der Waals surface area contributed by atoms with Crippen molar-refractivity contribution in [3.05, 3.63) is 0 Å². The van der Waals surface area contributed by atoms with E-state index in [1.54, 1.807) is 0 Å². The fourth-order valence-corrected chi connectivity index (χ4v) is 2.27. The van der Waals surface area contributed by atoms with Gasteiger partial charge in [0.2, 0.25) is 0 Å². The zero-order valence-corrected chi connectivity index (χ0v) is 9.98. The van der Waals surface area contributed by atoms with Crippen LogP contribution < -0.4 is 5.32 Å². The van der Waals surface area contributed by atoms with E-state index in [-0.39, 0.29) is 6.42 Å². The van der Waals surface area contributed by atoms with Crippen molar-refractivity contribution in [3.63, 3.8) is 0 Å². The molecule has 3 N–H and O–H groups in total. The molecule has 3 atom stereocenters. The van der Waals surface area contributed by atoms with E-state index in [4.69, 9.17) is 5.11 Å². The normalized spacial score (nSPS) is 28.4. The highest BCUT2D eigenvalue weighted by Crippen LogP contribution is 2.22. The van der Waals surface area contributed by atoms with Crippen LogP contribution in [-0.4, -0.2) is 34.9 Å². The number of hydrogen-bond donors (Lipinski definition) is 3. The number of hydrogen-bond acceptors (Lipinski definition) is 3. The van der Waals surface area contributed by atoms with Crippen molar-refractivity contribution in [2.75, 3.05) is 6.54 Å². The van der Waals surface area contributed by atoms with Crippen molar-refractivity contribution in [2.45, 2.75) is 57.6 Å². The van der Waals surface area contributed by atoms with E-state index >= 15 is 0 Å². The Balaban J connectivity index is 2.18. The maximum Gasteiger partial charge on any atom is 0.306 e. The van der Waals surface area contributed by atoms with Crippen LogP contribution in [-0.2, 0) is 4.79 Å². The molecule has 94 valence electrons. The van der Waals surface area contributed by atoms with Crippen molar-refractivity contribution < 1.29 is 15.0 Å². The van der Waals surface area contributed by atoms with Gasteiger partial charge in [0.25, 0.3) is 0 Å². The molecule has 1 fully saturated rings. The van der Waals surface area contributed by atoms with Gasteiger partial charge >= 0.3 is 5.97 Å². The Kier molecular flexibility index (Phi) is 5.77. The molecule has 0 aromatic rings. The lowest BCUT2D eigenvalue weighted by molar-refractivity contribution is -0.139. The Hall–Kier alpha value is -0.610. The minimum Gasteiger partial charge on any atom is -0.481 e. The highest BCUT2D eigenvalue weighted by atomic mass is 16.4. The Morgan fingerprint density at radius 3 is 2.81 bits per heavy atom. The Labute approximate surface area is 97.0 Å². The number of aliphatic carboxylic acids is 1. The summed E-state index contributed by atoms with van der Waals surface area (Å²) in [4.78, 5) is 10.4. The average molecular weight is 229 g/mol. The Morgan fingerprint density at radius 2 is 2.12 bits per heavy atom. The molecule has 1 aliphatic rings. The molecule has 3 unspecified atom stereocenters. The van der Waals surface area contributed by atoms with Crippen LogP contribution in [0.25, 0.3) is 0 Å². The second kappa shape index (κ2) is 6.86. The Bertz CT molecular complexity index is 220. The predicted octanol–water partition coefficient (Wildman–Crippen LogP) is 1.38. The summed E-state index contributed by atoms with van der Waals surface area (Å²) in [5, 5.41) is 21.2. The second-order valence-electron chi connectivity index (χ2n) is 4.97. The van der Waals surface area contributed by atoms with Crippen molar-refractivity contribution >= 4 is 5.97 Å². The summed E-state index contributed by atoms with van der Waals surface area (Å²) in [6, 6.07) is 0.452. The number of nitrogens with one attached hydrogen (secondary N) is 1. The summed E-state index contributed by atoms with van der Waals surface area (Å²) in [5.74, 6) is -0.139. The number of carbonyl (C=O) groups is 1. The Morgan fingerprint density at radius 1 is 1.38 bits per heavy atom. The van der Waals surface area contributed by atoms with E-state index in [2.05, 4.69) is 12.2 Å². The summed E-state index contributed by atoms with van der Waals surface area (Å²) in [5.41, 5.74) is 0. The highest BCUT2D eigenvalue weighted by Gasteiger charge is 2.17. The van der Waals surface area contributed by atoms with E-state index in [9.17, 15) is 9.90 Å². The lowest BCUT2D eigenvalue weighted by Gasteiger charge is -2.18. The topological polar surface area (TPSA) is 69.6 Å². The minimum atomic E-state index is -0.941. The molecule has 0 aliphatic heterocycles. The molecular formula is C12H23NO3. The van der Waals surface area contributed by atoms with Crippen LogP contribution in [0.2, 0.25) is 0 Å². The fraction of sp³-hybridized carbons (Fsp3) is 0.917. The lowest BCUT2D eigenvalue weighted by atomic mass is 10.0. The first-order valence-electron chi connectivity index (χ1n) is 6.21. The molecule has 0 aromatic carbocycles. The average Bonchev–Trinajstić information content (AvgIpc) is 2.39. The summed E-state index contributed by atoms with van der Waals surface area (Å²) in [6.45, 7) is 2.67. The molecule has 16 heavy (non-hydrogen) atoms. The smallest absolute Gasteiger partial charge is 0.306 e. The van der Waals surface area contributed by atoms with Crippen LogP contribution in [0, 0.1) is 5.92 Å². The minimum absolute atomic E-state index is 0.171. The number of carboxylic acid groups (broad SMARTS) is 1. The third-order valence-corrected chi connectivity index (χ3v) is 3.31. The standard InChI is InChI=1S/C12H23NO3/c1-9-3-2-4-10(6-5-9)13-8-11(14)7-12(15)16/h9-11,13-14H,2-8H2,1H3,(H,15,16). The number of rotatable bonds is 5. The summed E-state index contributed by atoms with van der Waals surface area (Å²) in [6.07, 6.45) is 5.09. The largest absolute Gasteiger partial charge is 0.481 e. The van der Waals surface area contributed by atoms with Gasteiger partial charge in [0.05, 0.1) is 12.5 Å². The van der Waals surface area contributed by atoms with E-state index in [0.29, 0.717) is 12.6 Å². The maximum atomic E-state index is 10.4. The predicted molar refractivity (Wildman–Crippen MR) is 62.3 cm³/mol. The van der Waals surface area contributed by atoms with Crippen molar-refractivity contribution in [2.24, 2.45) is 5.92 Å². The van der Waals surface area contributed by atoms with Crippen LogP contribution in [0.1, 0.15) is 45.4 Å². The highest BCUT2D eigenvalue weighted by molar-refractivity contribution is 5.67. The van der Waals surface area contributed by atoms with Gasteiger partial charge in [-0.25, -0.2) is 0 Å². The lowest BCUT2D eigenvalue weighted by Crippen LogP contribution is -2.36. The first kappa shape index (κ1) is 13.5. The van der Waals surface area contributed by atoms with Crippen LogP contribution in [0.4, 0.5) is 0 Å². The third kappa shape index (κ3) is 5.47. The van der Waals surface area contributed by atoms with E-state index < -0.39 is 12.1 Å². The molecule has 0 amide bonds. The molecule has 1 rings (SSSR count). The molecule has 0 spiro atoms. The van der Waals surface area contributed by atoms with Gasteiger partial charge in [-0.3, -0.25) is 4.79 Å². The second-order valence-corrected chi connectivity index (χ2v) is 4.97. The zero-order chi connectivity index (χ0) is 12.0. The van der Waals surface area contributed by atoms with Gasteiger partial charge in [0, 0.05) is 12.6 Å². The third-order valence-electron chi connectivity index (χ3n) is 3.31. The molecule has 0 heterocycles. The van der Waals surface area contributed by atoms with Crippen LogP contribution >= 0.6 is 0 Å². The van der Waals surface area contributed by atoms with E-state index in [0.717, 1.165) is 18.8 Å². The first-order valence-corrected chi connectivity index (χ1v) is 6.21. The first-order chi connectivity index (χ1) is 7.58. The molecule has 4 heteroatoms. The van der Waals surface area contributed by atoms with Crippen LogP contribution in [0.15, 0.2) is 0 Å². The molecule has 0 saturated heterocycles. The van der Waals surface area contributed by atoms with E-state index in [1.807, 2.05) is 0 Å². The quantitative estimate of drug-likeness (QED) is 0.623. The molecule has 1 aliphatic carbocycles. The molecule has 0 radical (unpaired) electrons. The van der Waals surface area contributed by atoms with Gasteiger partial charge < -0.3 is 15.5 Å². The van der Waals surface area contributed by atoms with Crippen LogP contribution in [0.5, 0.6) is 0 Å². The molecule has 1 saturated carbocycles. The summed E-state index contributed by atoms with van der Waals surface area (Å²) >= 11 is 0. The van der Waals surface area contributed by atoms with Crippen molar-refractivity contribution in [1.29, 1.82) is 0 Å². The monoisotopic (exact) mass is 229 g/mol. The van der Waals surface area contributed by atoms with Gasteiger partial charge in [-0.15, -0.1) is 0 Å². The van der Waals surface area contributed by atoms with Crippen molar-refractivity contribution in [3.8, 4) is 0 Å². The molecule has 4 nitrogen and oxygen atoms in total. The van der Waals surface area contributed by atoms with E-state index in [1.165, 1.54) is 19.3 Å². The number of aliphatic hydroxyl groups excluding tert-OH is 1. The number of aliphatic hydroxyl groups is 1. The fourth-order valence-electron chi connectivity index (χ4n) is 2.27. The van der Waals surface area contributed by atoms with Gasteiger partial charge in [0.15, 0.2) is 0 Å². The summed E-state index contributed by atoms with van der Waals surface area (Å²) < 4.78 is 0. The van der Waals surface area contributed by atoms with Gasteiger partial charge in [-0.1, -0.05) is 19.8 Å². The van der Waals surface area contributed by atoms with Crippen LogP contribution in [0.3, 0.4) is 0 Å². The van der Waals surface area contributed by atoms with Gasteiger partial charge in [-0.2, -0.15) is 0 Å². The zero-order valence-electron chi connectivity index (χ0n) is 9.98. The van der Waals surface area contributed by atoms with Gasteiger partial charge in [0.1, 0.15) is 0 Å². The molecule has 0 aromatic heterocycles. The maximum absolute atomic E-state index is 10.4. The van der Waals surface area contributed by atoms with Gasteiger partial charge in [-0.05, 0) is 25.2 Å². The molecule has 0 bridgehead atoms.